The Morgan fingerprint density at radius 1 is 1.00 bits per heavy atom. The smallest absolute Gasteiger partial charge is 0.262 e. The van der Waals surface area contributed by atoms with Crippen molar-refractivity contribution in [2.45, 2.75) is 37.2 Å². The Bertz CT molecular complexity index is 1280. The minimum Gasteiger partial charge on any atom is -0.309 e. The molecule has 0 radical (unpaired) electrons. The van der Waals surface area contributed by atoms with E-state index in [0.717, 1.165) is 6.42 Å². The number of nitrogens with zero attached hydrogens (tertiary/aromatic N) is 3. The van der Waals surface area contributed by atoms with Crippen LogP contribution in [0.4, 0.5) is 0 Å². The SMILES string of the molecule is CCC(C)n1c(SCc2nc3ccccc3c(=O)[nH]2)nc2ccccc2c1=O. The van der Waals surface area contributed by atoms with Gasteiger partial charge in [0.15, 0.2) is 5.16 Å². The summed E-state index contributed by atoms with van der Waals surface area (Å²) in [4.78, 5) is 37.4. The monoisotopic (exact) mass is 392 g/mol. The number of H-pyrrole nitrogens is 1. The molecule has 2 aromatic carbocycles. The van der Waals surface area contributed by atoms with Crippen molar-refractivity contribution in [3.8, 4) is 0 Å². The Balaban J connectivity index is 1.75. The summed E-state index contributed by atoms with van der Waals surface area (Å²) in [5, 5.41) is 1.81. The lowest BCUT2D eigenvalue weighted by Crippen LogP contribution is -2.26. The van der Waals surface area contributed by atoms with Crippen LogP contribution < -0.4 is 11.1 Å². The predicted octanol–water partition coefficient (Wildman–Crippen LogP) is 3.90. The van der Waals surface area contributed by atoms with E-state index in [0.29, 0.717) is 38.5 Å². The number of thioether (sulfide) groups is 1. The molecule has 0 amide bonds. The summed E-state index contributed by atoms with van der Waals surface area (Å²) < 4.78 is 1.74. The highest BCUT2D eigenvalue weighted by Crippen LogP contribution is 2.24. The van der Waals surface area contributed by atoms with Gasteiger partial charge >= 0.3 is 0 Å². The number of para-hydroxylation sites is 2. The molecular formula is C21H20N4O2S. The van der Waals surface area contributed by atoms with Crippen molar-refractivity contribution < 1.29 is 0 Å². The molecule has 7 heteroatoms. The molecule has 2 aromatic heterocycles. The van der Waals surface area contributed by atoms with Gasteiger partial charge in [-0.2, -0.15) is 0 Å². The normalized spacial score (nSPS) is 12.5. The van der Waals surface area contributed by atoms with E-state index in [9.17, 15) is 9.59 Å². The van der Waals surface area contributed by atoms with Crippen molar-refractivity contribution >= 4 is 33.6 Å². The molecule has 0 aliphatic heterocycles. The van der Waals surface area contributed by atoms with Crippen LogP contribution in [0.25, 0.3) is 21.8 Å². The van der Waals surface area contributed by atoms with E-state index in [-0.39, 0.29) is 17.2 Å². The van der Waals surface area contributed by atoms with Crippen molar-refractivity contribution in [2.75, 3.05) is 0 Å². The van der Waals surface area contributed by atoms with E-state index in [1.165, 1.54) is 11.8 Å². The van der Waals surface area contributed by atoms with Gasteiger partial charge in [-0.25, -0.2) is 9.97 Å². The Morgan fingerprint density at radius 2 is 1.64 bits per heavy atom. The second kappa shape index (κ2) is 7.59. The molecule has 0 bridgehead atoms. The number of nitrogens with one attached hydrogen (secondary N) is 1. The maximum Gasteiger partial charge on any atom is 0.262 e. The molecule has 6 nitrogen and oxygen atoms in total. The molecule has 142 valence electrons. The fourth-order valence-electron chi connectivity index (χ4n) is 3.13. The third-order valence-corrected chi connectivity index (χ3v) is 5.77. The van der Waals surface area contributed by atoms with Crippen molar-refractivity contribution in [1.29, 1.82) is 0 Å². The van der Waals surface area contributed by atoms with Gasteiger partial charge in [0, 0.05) is 6.04 Å². The van der Waals surface area contributed by atoms with E-state index in [2.05, 4.69) is 9.97 Å². The number of benzene rings is 2. The predicted molar refractivity (Wildman–Crippen MR) is 113 cm³/mol. The first-order valence-electron chi connectivity index (χ1n) is 9.20. The summed E-state index contributed by atoms with van der Waals surface area (Å²) in [7, 11) is 0. The number of fused-ring (bicyclic) bond motifs is 2. The summed E-state index contributed by atoms with van der Waals surface area (Å²) in [6.45, 7) is 4.06. The van der Waals surface area contributed by atoms with Gasteiger partial charge in [-0.3, -0.25) is 14.2 Å². The number of hydrogen-bond donors (Lipinski definition) is 1. The van der Waals surface area contributed by atoms with Crippen molar-refractivity contribution in [3.63, 3.8) is 0 Å². The fraction of sp³-hybridized carbons (Fsp3) is 0.238. The topological polar surface area (TPSA) is 80.6 Å². The van der Waals surface area contributed by atoms with E-state index in [1.54, 1.807) is 16.7 Å². The number of rotatable bonds is 5. The molecule has 4 rings (SSSR count). The van der Waals surface area contributed by atoms with Gasteiger partial charge in [-0.05, 0) is 37.6 Å². The third kappa shape index (κ3) is 3.33. The molecular weight excluding hydrogens is 372 g/mol. The molecule has 1 atom stereocenters. The summed E-state index contributed by atoms with van der Waals surface area (Å²) in [6, 6.07) is 14.6. The highest BCUT2D eigenvalue weighted by atomic mass is 32.2. The highest BCUT2D eigenvalue weighted by Gasteiger charge is 2.16. The quantitative estimate of drug-likeness (QED) is 0.412. The van der Waals surface area contributed by atoms with Crippen LogP contribution in [-0.4, -0.2) is 19.5 Å². The summed E-state index contributed by atoms with van der Waals surface area (Å²) in [6.07, 6.45) is 0.818. The second-order valence-corrected chi connectivity index (χ2v) is 7.60. The molecule has 4 aromatic rings. The Hall–Kier alpha value is -2.93. The molecule has 0 saturated carbocycles. The standard InChI is InChI=1S/C21H20N4O2S/c1-3-13(2)25-20(27)15-9-5-7-11-17(15)23-21(25)28-12-18-22-16-10-6-4-8-14(16)19(26)24-18/h4-11,13H,3,12H2,1-2H3,(H,22,24,26). The summed E-state index contributed by atoms with van der Waals surface area (Å²) >= 11 is 1.41. The van der Waals surface area contributed by atoms with Gasteiger partial charge < -0.3 is 4.98 Å². The van der Waals surface area contributed by atoms with Crippen molar-refractivity contribution in [3.05, 3.63) is 75.1 Å². The molecule has 0 aliphatic carbocycles. The highest BCUT2D eigenvalue weighted by molar-refractivity contribution is 7.98. The lowest BCUT2D eigenvalue weighted by atomic mass is 10.2. The fourth-order valence-corrected chi connectivity index (χ4v) is 4.10. The largest absolute Gasteiger partial charge is 0.309 e. The average Bonchev–Trinajstić information content (AvgIpc) is 2.72. The van der Waals surface area contributed by atoms with Crippen molar-refractivity contribution in [2.24, 2.45) is 0 Å². The Morgan fingerprint density at radius 3 is 2.36 bits per heavy atom. The van der Waals surface area contributed by atoms with E-state index >= 15 is 0 Å². The Labute approximate surface area is 165 Å². The summed E-state index contributed by atoms with van der Waals surface area (Å²) in [5.41, 5.74) is 1.14. The first kappa shape index (κ1) is 18.4. The molecule has 2 heterocycles. The number of aromatic amines is 1. The number of aromatic nitrogens is 4. The summed E-state index contributed by atoms with van der Waals surface area (Å²) in [5.74, 6) is 0.980. The molecule has 28 heavy (non-hydrogen) atoms. The van der Waals surface area contributed by atoms with Gasteiger partial charge in [0.1, 0.15) is 5.82 Å². The van der Waals surface area contributed by atoms with Crippen LogP contribution in [0.1, 0.15) is 32.1 Å². The molecule has 0 saturated heterocycles. The van der Waals surface area contributed by atoms with E-state index < -0.39 is 0 Å². The average molecular weight is 392 g/mol. The zero-order valence-corrected chi connectivity index (χ0v) is 16.5. The van der Waals surface area contributed by atoms with Gasteiger partial charge in [-0.1, -0.05) is 43.0 Å². The molecule has 0 fully saturated rings. The van der Waals surface area contributed by atoms with Gasteiger partial charge in [-0.15, -0.1) is 0 Å². The van der Waals surface area contributed by atoms with Crippen molar-refractivity contribution in [1.82, 2.24) is 19.5 Å². The second-order valence-electron chi connectivity index (χ2n) is 6.66. The molecule has 0 aliphatic rings. The Kier molecular flexibility index (Phi) is 5.00. The lowest BCUT2D eigenvalue weighted by Gasteiger charge is -2.18. The maximum atomic E-state index is 13.0. The minimum atomic E-state index is -0.160. The van der Waals surface area contributed by atoms with Crippen LogP contribution in [-0.2, 0) is 5.75 Å². The van der Waals surface area contributed by atoms with Crippen LogP contribution in [0.15, 0.2) is 63.3 Å². The first-order valence-corrected chi connectivity index (χ1v) is 10.2. The van der Waals surface area contributed by atoms with E-state index in [4.69, 9.17) is 4.98 Å². The maximum absolute atomic E-state index is 13.0. The zero-order valence-electron chi connectivity index (χ0n) is 15.7. The first-order chi connectivity index (χ1) is 13.6. The van der Waals surface area contributed by atoms with Crippen LogP contribution in [0, 0.1) is 0 Å². The van der Waals surface area contributed by atoms with Gasteiger partial charge in [0.25, 0.3) is 11.1 Å². The van der Waals surface area contributed by atoms with Crippen LogP contribution in [0.2, 0.25) is 0 Å². The third-order valence-electron chi connectivity index (χ3n) is 4.81. The minimum absolute atomic E-state index is 0.0238. The molecule has 1 N–H and O–H groups in total. The molecule has 1 unspecified atom stereocenters. The van der Waals surface area contributed by atoms with Gasteiger partial charge in [0.2, 0.25) is 0 Å². The molecule has 0 spiro atoms. The van der Waals surface area contributed by atoms with Crippen LogP contribution >= 0.6 is 11.8 Å². The number of hydrogen-bond acceptors (Lipinski definition) is 5. The van der Waals surface area contributed by atoms with Gasteiger partial charge in [0.05, 0.1) is 27.6 Å². The zero-order chi connectivity index (χ0) is 19.7. The van der Waals surface area contributed by atoms with Crippen LogP contribution in [0.5, 0.6) is 0 Å². The lowest BCUT2D eigenvalue weighted by molar-refractivity contribution is 0.468. The van der Waals surface area contributed by atoms with Crippen LogP contribution in [0.3, 0.4) is 0 Å². The van der Waals surface area contributed by atoms with E-state index in [1.807, 2.05) is 50.2 Å².